The van der Waals surface area contributed by atoms with Crippen LogP contribution in [0.3, 0.4) is 0 Å². The van der Waals surface area contributed by atoms with Crippen LogP contribution in [-0.2, 0) is 30.6 Å². The van der Waals surface area contributed by atoms with Crippen molar-refractivity contribution in [3.05, 3.63) is 45.8 Å². The van der Waals surface area contributed by atoms with Crippen molar-refractivity contribution in [2.75, 3.05) is 5.32 Å². The second kappa shape index (κ2) is 6.88. The summed E-state index contributed by atoms with van der Waals surface area (Å²) in [4.78, 5) is 16.4. The summed E-state index contributed by atoms with van der Waals surface area (Å²) in [6, 6.07) is 6.17. The monoisotopic (exact) mass is 379 g/mol. The summed E-state index contributed by atoms with van der Waals surface area (Å²) >= 11 is 1.67. The van der Waals surface area contributed by atoms with Crippen LogP contribution in [0.2, 0.25) is 0 Å². The van der Waals surface area contributed by atoms with Crippen molar-refractivity contribution in [3.63, 3.8) is 0 Å². The van der Waals surface area contributed by atoms with Gasteiger partial charge >= 0.3 is 0 Å². The Kier molecular flexibility index (Phi) is 4.24. The van der Waals surface area contributed by atoms with Crippen LogP contribution in [0, 0.1) is 0 Å². The molecule has 2 aliphatic heterocycles. The van der Waals surface area contributed by atoms with Crippen LogP contribution in [0.1, 0.15) is 47.9 Å². The van der Waals surface area contributed by atoms with Crippen molar-refractivity contribution in [2.24, 2.45) is 0 Å². The molecule has 7 heteroatoms. The zero-order valence-corrected chi connectivity index (χ0v) is 15.9. The smallest absolute Gasteiger partial charge is 0.224 e. The fraction of sp³-hybridized carbons (Fsp3) is 0.400. The molecule has 3 aromatic rings. The van der Waals surface area contributed by atoms with Gasteiger partial charge in [-0.05, 0) is 37.0 Å². The first-order chi connectivity index (χ1) is 13.3. The van der Waals surface area contributed by atoms with Crippen molar-refractivity contribution < 1.29 is 4.79 Å². The molecule has 6 nitrogen and oxygen atoms in total. The highest BCUT2D eigenvalue weighted by atomic mass is 32.1. The fourth-order valence-corrected chi connectivity index (χ4v) is 4.68. The first-order valence-corrected chi connectivity index (χ1v) is 10.4. The third-order valence-electron chi connectivity index (χ3n) is 5.34. The molecule has 27 heavy (non-hydrogen) atoms. The van der Waals surface area contributed by atoms with Gasteiger partial charge in [-0.1, -0.05) is 12.5 Å². The minimum absolute atomic E-state index is 0.0960. The normalized spacial score (nSPS) is 16.4. The van der Waals surface area contributed by atoms with Gasteiger partial charge in [0.2, 0.25) is 5.91 Å². The number of amides is 1. The van der Waals surface area contributed by atoms with E-state index in [0.717, 1.165) is 59.4 Å². The van der Waals surface area contributed by atoms with E-state index < -0.39 is 0 Å². The predicted octanol–water partition coefficient (Wildman–Crippen LogP) is 3.60. The highest BCUT2D eigenvalue weighted by Gasteiger charge is 2.18. The lowest BCUT2D eigenvalue weighted by Crippen LogP contribution is -2.18. The van der Waals surface area contributed by atoms with Gasteiger partial charge in [0.25, 0.3) is 0 Å². The van der Waals surface area contributed by atoms with Gasteiger partial charge in [-0.15, -0.1) is 21.5 Å². The van der Waals surface area contributed by atoms with E-state index in [0.29, 0.717) is 6.42 Å². The number of benzene rings is 1. The summed E-state index contributed by atoms with van der Waals surface area (Å²) in [7, 11) is 0. The maximum absolute atomic E-state index is 11.5. The van der Waals surface area contributed by atoms with Crippen LogP contribution in [0.4, 0.5) is 5.69 Å². The summed E-state index contributed by atoms with van der Waals surface area (Å²) < 4.78 is 2.29. The minimum Gasteiger partial charge on any atom is -0.326 e. The first-order valence-electron chi connectivity index (χ1n) is 9.55. The molecule has 138 valence electrons. The lowest BCUT2D eigenvalue weighted by Gasteiger charge is -2.17. The molecular weight excluding hydrogens is 358 g/mol. The second-order valence-corrected chi connectivity index (χ2v) is 8.16. The molecule has 0 bridgehead atoms. The molecule has 0 fully saturated rings. The van der Waals surface area contributed by atoms with Gasteiger partial charge in [0.1, 0.15) is 16.7 Å². The van der Waals surface area contributed by atoms with Crippen molar-refractivity contribution >= 4 is 22.9 Å². The second-order valence-electron chi connectivity index (χ2n) is 7.22. The molecule has 2 aliphatic rings. The first kappa shape index (κ1) is 16.6. The number of carbonyl (C=O) groups is 1. The van der Waals surface area contributed by atoms with Crippen LogP contribution < -0.4 is 5.32 Å². The number of aryl methyl sites for hydroxylation is 2. The molecule has 0 atom stereocenters. The predicted molar refractivity (Wildman–Crippen MR) is 105 cm³/mol. The van der Waals surface area contributed by atoms with Gasteiger partial charge in [-0.2, -0.15) is 0 Å². The van der Waals surface area contributed by atoms with Crippen molar-refractivity contribution in [1.82, 2.24) is 19.7 Å². The van der Waals surface area contributed by atoms with Crippen molar-refractivity contribution in [3.8, 4) is 11.3 Å². The summed E-state index contributed by atoms with van der Waals surface area (Å²) in [5.41, 5.74) is 4.21. The Morgan fingerprint density at radius 1 is 1.11 bits per heavy atom. The van der Waals surface area contributed by atoms with Gasteiger partial charge < -0.3 is 9.88 Å². The molecule has 0 radical (unpaired) electrons. The molecule has 0 saturated heterocycles. The Balaban J connectivity index is 1.38. The number of anilines is 1. The van der Waals surface area contributed by atoms with Crippen LogP contribution >= 0.6 is 11.3 Å². The number of thiazole rings is 1. The standard InChI is InChI=1S/C20H21N5OS/c26-19-8-6-13-10-14(5-7-15(13)21-19)16-12-27-20(22-16)11-18-24-23-17-4-2-1-3-9-25(17)18/h5,7,10,12H,1-4,6,8-9,11H2,(H,21,26). The summed E-state index contributed by atoms with van der Waals surface area (Å²) in [5, 5.41) is 14.9. The zero-order valence-electron chi connectivity index (χ0n) is 15.1. The van der Waals surface area contributed by atoms with E-state index in [1.54, 1.807) is 11.3 Å². The molecule has 1 amide bonds. The number of rotatable bonds is 3. The van der Waals surface area contributed by atoms with Crippen LogP contribution in [-0.4, -0.2) is 25.7 Å². The van der Waals surface area contributed by atoms with E-state index >= 15 is 0 Å². The van der Waals surface area contributed by atoms with Crippen LogP contribution in [0.15, 0.2) is 23.6 Å². The third-order valence-corrected chi connectivity index (χ3v) is 6.19. The average Bonchev–Trinajstić information content (AvgIpc) is 3.22. The summed E-state index contributed by atoms with van der Waals surface area (Å²) in [6.45, 7) is 1.02. The Hall–Kier alpha value is -2.54. The summed E-state index contributed by atoms with van der Waals surface area (Å²) in [5.74, 6) is 2.25. The highest BCUT2D eigenvalue weighted by Crippen LogP contribution is 2.30. The average molecular weight is 379 g/mol. The molecule has 0 spiro atoms. The molecule has 1 aromatic carbocycles. The number of hydrogen-bond donors (Lipinski definition) is 1. The number of nitrogens with zero attached hydrogens (tertiary/aromatic N) is 4. The van der Waals surface area contributed by atoms with Crippen molar-refractivity contribution in [1.29, 1.82) is 0 Å². The number of nitrogens with one attached hydrogen (secondary N) is 1. The number of aromatic nitrogens is 4. The lowest BCUT2D eigenvalue weighted by atomic mass is 9.99. The Bertz CT molecular complexity index is 1010. The van der Waals surface area contributed by atoms with Gasteiger partial charge in [0.05, 0.1) is 12.1 Å². The lowest BCUT2D eigenvalue weighted by molar-refractivity contribution is -0.116. The van der Waals surface area contributed by atoms with Gasteiger partial charge in [-0.25, -0.2) is 4.98 Å². The van der Waals surface area contributed by atoms with Gasteiger partial charge in [0, 0.05) is 36.0 Å². The summed E-state index contributed by atoms with van der Waals surface area (Å²) in [6.07, 6.45) is 6.78. The number of fused-ring (bicyclic) bond motifs is 2. The van der Waals surface area contributed by atoms with Crippen molar-refractivity contribution in [2.45, 2.75) is 51.5 Å². The number of hydrogen-bond acceptors (Lipinski definition) is 5. The maximum Gasteiger partial charge on any atom is 0.224 e. The molecule has 0 unspecified atom stereocenters. The van der Waals surface area contributed by atoms with E-state index in [1.165, 1.54) is 24.8 Å². The Morgan fingerprint density at radius 3 is 3.04 bits per heavy atom. The number of carbonyl (C=O) groups excluding carboxylic acids is 1. The Labute approximate surface area is 161 Å². The molecular formula is C20H21N5OS. The molecule has 2 aromatic heterocycles. The van der Waals surface area contributed by atoms with Crippen LogP contribution in [0.5, 0.6) is 0 Å². The fourth-order valence-electron chi connectivity index (χ4n) is 3.88. The van der Waals surface area contributed by atoms with Crippen LogP contribution in [0.25, 0.3) is 11.3 Å². The largest absolute Gasteiger partial charge is 0.326 e. The molecule has 0 saturated carbocycles. The molecule has 4 heterocycles. The van der Waals surface area contributed by atoms with E-state index in [1.807, 2.05) is 12.1 Å². The van der Waals surface area contributed by atoms with Gasteiger partial charge in [0.15, 0.2) is 0 Å². The minimum atomic E-state index is 0.0960. The zero-order chi connectivity index (χ0) is 18.2. The van der Waals surface area contributed by atoms with E-state index in [2.05, 4.69) is 31.5 Å². The maximum atomic E-state index is 11.5. The van der Waals surface area contributed by atoms with E-state index in [4.69, 9.17) is 4.98 Å². The van der Waals surface area contributed by atoms with E-state index in [9.17, 15) is 4.79 Å². The van der Waals surface area contributed by atoms with E-state index in [-0.39, 0.29) is 5.91 Å². The quantitative estimate of drug-likeness (QED) is 0.755. The van der Waals surface area contributed by atoms with Gasteiger partial charge in [-0.3, -0.25) is 4.79 Å². The molecule has 1 N–H and O–H groups in total. The topological polar surface area (TPSA) is 72.7 Å². The molecule has 5 rings (SSSR count). The third kappa shape index (κ3) is 3.27. The SMILES string of the molecule is O=C1CCc2cc(-c3csc(Cc4nnc5n4CCCCC5)n3)ccc2N1. The molecule has 0 aliphatic carbocycles. The highest BCUT2D eigenvalue weighted by molar-refractivity contribution is 7.10. The Morgan fingerprint density at radius 2 is 2.07 bits per heavy atom.